The van der Waals surface area contributed by atoms with Gasteiger partial charge in [0.25, 0.3) is 0 Å². The van der Waals surface area contributed by atoms with Crippen LogP contribution in [0.25, 0.3) is 0 Å². The molecule has 1 heterocycles. The van der Waals surface area contributed by atoms with E-state index < -0.39 is 5.97 Å². The third-order valence-electron chi connectivity index (χ3n) is 2.98. The number of benzene rings is 1. The summed E-state index contributed by atoms with van der Waals surface area (Å²) in [4.78, 5) is 28.9. The molecule has 5 nitrogen and oxygen atoms in total. The molecule has 116 valence electrons. The number of amides is 1. The Hall–Kier alpha value is -1.92. The fraction of sp³-hybridized carbons (Fsp3) is 0.267. The van der Waals surface area contributed by atoms with Crippen molar-refractivity contribution in [1.29, 1.82) is 0 Å². The Morgan fingerprint density at radius 3 is 2.68 bits per heavy atom. The zero-order valence-electron chi connectivity index (χ0n) is 12.4. The predicted octanol–water partition coefficient (Wildman–Crippen LogP) is 3.38. The Bertz CT molecular complexity index is 728. The molecule has 0 aliphatic carbocycles. The van der Waals surface area contributed by atoms with Crippen molar-refractivity contribution in [3.05, 3.63) is 44.4 Å². The number of carbonyl (C=O) groups is 2. The van der Waals surface area contributed by atoms with Crippen LogP contribution in [0, 0.1) is 13.8 Å². The van der Waals surface area contributed by atoms with Gasteiger partial charge in [-0.25, -0.2) is 9.78 Å². The van der Waals surface area contributed by atoms with E-state index in [-0.39, 0.29) is 12.3 Å². The van der Waals surface area contributed by atoms with Crippen molar-refractivity contribution >= 4 is 40.5 Å². The summed E-state index contributed by atoms with van der Waals surface area (Å²) in [5.41, 5.74) is 1.56. The van der Waals surface area contributed by atoms with Gasteiger partial charge in [0.15, 0.2) is 0 Å². The van der Waals surface area contributed by atoms with E-state index in [1.165, 1.54) is 24.5 Å². The van der Waals surface area contributed by atoms with Crippen molar-refractivity contribution in [3.8, 4) is 0 Å². The Morgan fingerprint density at radius 1 is 1.36 bits per heavy atom. The number of hydrogen-bond donors (Lipinski definition) is 1. The fourth-order valence-electron chi connectivity index (χ4n) is 1.94. The van der Waals surface area contributed by atoms with E-state index in [2.05, 4.69) is 15.0 Å². The fourth-order valence-corrected chi connectivity index (χ4v) is 3.04. The predicted molar refractivity (Wildman–Crippen MR) is 86.7 cm³/mol. The molecular formula is C15H15ClN2O3S. The quantitative estimate of drug-likeness (QED) is 0.868. The molecule has 0 atom stereocenters. The smallest absolute Gasteiger partial charge is 0.337 e. The first-order chi connectivity index (χ1) is 10.4. The number of halogens is 1. The number of aryl methyl sites for hydroxylation is 2. The Balaban J connectivity index is 2.14. The largest absolute Gasteiger partial charge is 0.465 e. The van der Waals surface area contributed by atoms with Crippen LogP contribution in [0.2, 0.25) is 5.02 Å². The van der Waals surface area contributed by atoms with Crippen molar-refractivity contribution in [3.63, 3.8) is 0 Å². The number of aromatic nitrogens is 1. The number of carbonyl (C=O) groups excluding carboxylic acids is 2. The molecule has 22 heavy (non-hydrogen) atoms. The minimum Gasteiger partial charge on any atom is -0.465 e. The maximum atomic E-state index is 12.1. The van der Waals surface area contributed by atoms with Gasteiger partial charge in [-0.05, 0) is 32.0 Å². The van der Waals surface area contributed by atoms with Crippen LogP contribution >= 0.6 is 22.9 Å². The molecular weight excluding hydrogens is 324 g/mol. The molecule has 7 heteroatoms. The summed E-state index contributed by atoms with van der Waals surface area (Å²) in [6.45, 7) is 3.77. The number of thiazole rings is 1. The van der Waals surface area contributed by atoms with Crippen molar-refractivity contribution < 1.29 is 14.3 Å². The topological polar surface area (TPSA) is 68.3 Å². The number of nitrogens with one attached hydrogen (secondary N) is 1. The molecule has 2 aromatic rings. The highest BCUT2D eigenvalue weighted by Crippen LogP contribution is 2.24. The molecule has 1 amide bonds. The average Bonchev–Trinajstić information content (AvgIpc) is 2.78. The molecule has 2 rings (SSSR count). The van der Waals surface area contributed by atoms with E-state index in [1.807, 2.05) is 13.8 Å². The minimum atomic E-state index is -0.485. The minimum absolute atomic E-state index is 0.212. The molecule has 1 aromatic heterocycles. The summed E-state index contributed by atoms with van der Waals surface area (Å²) in [6, 6.07) is 4.59. The lowest BCUT2D eigenvalue weighted by Crippen LogP contribution is -2.15. The van der Waals surface area contributed by atoms with Gasteiger partial charge in [-0.3, -0.25) is 4.79 Å². The lowest BCUT2D eigenvalue weighted by molar-refractivity contribution is -0.115. The van der Waals surface area contributed by atoms with Crippen LogP contribution in [0.15, 0.2) is 18.2 Å². The Morgan fingerprint density at radius 2 is 2.09 bits per heavy atom. The lowest BCUT2D eigenvalue weighted by Gasteiger charge is -2.08. The average molecular weight is 339 g/mol. The summed E-state index contributed by atoms with van der Waals surface area (Å²) in [7, 11) is 1.30. The monoisotopic (exact) mass is 338 g/mol. The van der Waals surface area contributed by atoms with Crippen LogP contribution in [0.3, 0.4) is 0 Å². The molecule has 1 aromatic carbocycles. The number of nitrogens with zero attached hydrogens (tertiary/aromatic N) is 1. The second kappa shape index (κ2) is 6.89. The molecule has 0 fully saturated rings. The van der Waals surface area contributed by atoms with Crippen molar-refractivity contribution in [2.24, 2.45) is 0 Å². The maximum absolute atomic E-state index is 12.1. The van der Waals surface area contributed by atoms with Gasteiger partial charge in [0, 0.05) is 4.88 Å². The second-order valence-corrected chi connectivity index (χ2v) is 6.35. The van der Waals surface area contributed by atoms with Gasteiger partial charge in [0.05, 0.1) is 40.5 Å². The van der Waals surface area contributed by atoms with Crippen LogP contribution in [0.5, 0.6) is 0 Å². The summed E-state index contributed by atoms with van der Waals surface area (Å²) < 4.78 is 4.65. The molecule has 0 aliphatic rings. The van der Waals surface area contributed by atoms with Gasteiger partial charge in [0.1, 0.15) is 0 Å². The third-order valence-corrected chi connectivity index (χ3v) is 4.38. The molecule has 0 spiro atoms. The van der Waals surface area contributed by atoms with Gasteiger partial charge in [-0.2, -0.15) is 0 Å². The van der Waals surface area contributed by atoms with Crippen molar-refractivity contribution in [2.45, 2.75) is 20.3 Å². The SMILES string of the molecule is COC(=O)c1ccc(Cl)c(NC(=O)Cc2sc(C)nc2C)c1. The number of rotatable bonds is 4. The molecule has 0 aliphatic heterocycles. The van der Waals surface area contributed by atoms with Gasteiger partial charge in [-0.1, -0.05) is 11.6 Å². The van der Waals surface area contributed by atoms with Crippen molar-refractivity contribution in [2.75, 3.05) is 12.4 Å². The summed E-state index contributed by atoms with van der Waals surface area (Å²) in [5, 5.41) is 4.00. The summed E-state index contributed by atoms with van der Waals surface area (Å²) >= 11 is 7.54. The zero-order chi connectivity index (χ0) is 16.3. The van der Waals surface area contributed by atoms with E-state index >= 15 is 0 Å². The van der Waals surface area contributed by atoms with E-state index in [9.17, 15) is 9.59 Å². The van der Waals surface area contributed by atoms with Gasteiger partial charge < -0.3 is 10.1 Å². The van der Waals surface area contributed by atoms with E-state index in [4.69, 9.17) is 11.6 Å². The Labute approximate surface area is 137 Å². The molecule has 0 unspecified atom stereocenters. The summed E-state index contributed by atoms with van der Waals surface area (Å²) in [5.74, 6) is -0.697. The number of methoxy groups -OCH3 is 1. The first kappa shape index (κ1) is 16.5. The van der Waals surface area contributed by atoms with Crippen molar-refractivity contribution in [1.82, 2.24) is 4.98 Å². The van der Waals surface area contributed by atoms with Gasteiger partial charge >= 0.3 is 5.97 Å². The van der Waals surface area contributed by atoms with Crippen LogP contribution < -0.4 is 5.32 Å². The van der Waals surface area contributed by atoms with E-state index in [1.54, 1.807) is 12.1 Å². The molecule has 0 saturated carbocycles. The summed E-state index contributed by atoms with van der Waals surface area (Å²) in [6.07, 6.45) is 0.218. The second-order valence-electron chi connectivity index (χ2n) is 4.65. The first-order valence-corrected chi connectivity index (χ1v) is 7.70. The van der Waals surface area contributed by atoms with E-state index in [0.717, 1.165) is 15.6 Å². The lowest BCUT2D eigenvalue weighted by atomic mass is 10.2. The van der Waals surface area contributed by atoms with Gasteiger partial charge in [0.2, 0.25) is 5.91 Å². The number of ether oxygens (including phenoxy) is 1. The normalized spacial score (nSPS) is 10.4. The first-order valence-electron chi connectivity index (χ1n) is 6.51. The van der Waals surface area contributed by atoms with Crippen LogP contribution in [-0.4, -0.2) is 24.0 Å². The third kappa shape index (κ3) is 3.84. The molecule has 0 saturated heterocycles. The van der Waals surface area contributed by atoms with Crippen LogP contribution in [0.1, 0.15) is 25.9 Å². The van der Waals surface area contributed by atoms with Crippen LogP contribution in [0.4, 0.5) is 5.69 Å². The highest BCUT2D eigenvalue weighted by molar-refractivity contribution is 7.11. The molecule has 0 bridgehead atoms. The number of hydrogen-bond acceptors (Lipinski definition) is 5. The number of esters is 1. The Kier molecular flexibility index (Phi) is 5.15. The standard InChI is InChI=1S/C15H15ClN2O3S/c1-8-13(22-9(2)17-8)7-14(19)18-12-6-10(15(20)21-3)4-5-11(12)16/h4-6H,7H2,1-3H3,(H,18,19). The highest BCUT2D eigenvalue weighted by atomic mass is 35.5. The van der Waals surface area contributed by atoms with E-state index in [0.29, 0.717) is 16.3 Å². The molecule has 1 N–H and O–H groups in total. The van der Waals surface area contributed by atoms with Gasteiger partial charge in [-0.15, -0.1) is 11.3 Å². The highest BCUT2D eigenvalue weighted by Gasteiger charge is 2.14. The number of anilines is 1. The molecule has 0 radical (unpaired) electrons. The zero-order valence-corrected chi connectivity index (χ0v) is 14.0. The van der Waals surface area contributed by atoms with Crippen LogP contribution in [-0.2, 0) is 16.0 Å². The maximum Gasteiger partial charge on any atom is 0.337 e.